The normalized spacial score (nSPS) is 19.9. The van der Waals surface area contributed by atoms with Gasteiger partial charge in [-0.15, -0.1) is 0 Å². The van der Waals surface area contributed by atoms with Crippen LogP contribution in [0.2, 0.25) is 0 Å². The lowest BCUT2D eigenvalue weighted by atomic mass is 10.0. The van der Waals surface area contributed by atoms with Gasteiger partial charge < -0.3 is 14.8 Å². The monoisotopic (exact) mass is 544 g/mol. The molecule has 3 N–H and O–H groups in total. The van der Waals surface area contributed by atoms with Gasteiger partial charge in [0.2, 0.25) is 10.0 Å². The summed E-state index contributed by atoms with van der Waals surface area (Å²) in [5.41, 5.74) is 0.570. The third kappa shape index (κ3) is 5.08. The third-order valence-corrected chi connectivity index (χ3v) is 8.56. The molecule has 1 aliphatic carbocycles. The zero-order valence-electron chi connectivity index (χ0n) is 20.8. The number of ether oxygens (including phenoxy) is 2. The Hall–Kier alpha value is -3.93. The number of rotatable bonds is 6. The van der Waals surface area contributed by atoms with Crippen molar-refractivity contribution in [1.82, 2.24) is 10.3 Å². The Kier molecular flexibility index (Phi) is 6.38. The fraction of sp³-hybridized carbons (Fsp3) is 0.308. The van der Waals surface area contributed by atoms with Gasteiger partial charge in [0, 0.05) is 29.1 Å². The molecule has 2 aromatic carbocycles. The Morgan fingerprint density at radius 2 is 1.71 bits per heavy atom. The predicted octanol–water partition coefficient (Wildman–Crippen LogP) is 4.99. The van der Waals surface area contributed by atoms with E-state index in [-0.39, 0.29) is 41.6 Å². The summed E-state index contributed by atoms with van der Waals surface area (Å²) >= 11 is 0. The van der Waals surface area contributed by atoms with Gasteiger partial charge in [-0.25, -0.2) is 27.0 Å². The van der Waals surface area contributed by atoms with Gasteiger partial charge >= 0.3 is 6.03 Å². The number of fused-ring (bicyclic) bond motifs is 3. The molecule has 3 atom stereocenters. The van der Waals surface area contributed by atoms with Crippen LogP contribution in [0, 0.1) is 17.6 Å². The van der Waals surface area contributed by atoms with E-state index in [4.69, 9.17) is 9.47 Å². The van der Waals surface area contributed by atoms with Gasteiger partial charge in [0.15, 0.2) is 11.6 Å². The molecule has 3 aromatic rings. The minimum Gasteiger partial charge on any atom is -0.490 e. The van der Waals surface area contributed by atoms with Crippen molar-refractivity contribution in [3.8, 4) is 17.2 Å². The standard InChI is InChI=1S/C26H26F2N4O5S/c1-26(2,3)38(34,35)32-14-4-6-15(7-5-14)37-16-8-11-20(29-12-16)30-25(33)31-23-17-13-36-24-19(28)10-9-18(27)22(24)21(17)23/h4-12,17,21,23,32H,13H2,1-3H3,(H2,29,30,31,33)/t17-,21-,23-/m1/s1. The summed E-state index contributed by atoms with van der Waals surface area (Å²) in [6, 6.07) is 10.7. The number of benzene rings is 2. The maximum atomic E-state index is 14.3. The minimum absolute atomic E-state index is 0.0888. The SMILES string of the molecule is CC(C)(C)S(=O)(=O)Nc1ccc(Oc2ccc(NC(=O)N[C@@H]3[C@@H]4COc5c(F)ccc(F)c5[C@@H]43)nc2)cc1. The summed E-state index contributed by atoms with van der Waals surface area (Å²) in [4.78, 5) is 16.7. The van der Waals surface area contributed by atoms with Crippen molar-refractivity contribution in [1.29, 1.82) is 0 Å². The summed E-state index contributed by atoms with van der Waals surface area (Å²) in [5, 5.41) is 5.39. The topological polar surface area (TPSA) is 119 Å². The molecule has 2 amide bonds. The van der Waals surface area contributed by atoms with Crippen LogP contribution in [0.15, 0.2) is 54.7 Å². The Morgan fingerprint density at radius 1 is 1.03 bits per heavy atom. The molecule has 38 heavy (non-hydrogen) atoms. The second-order valence-corrected chi connectivity index (χ2v) is 12.6. The maximum absolute atomic E-state index is 14.3. The number of anilines is 2. The van der Waals surface area contributed by atoms with Gasteiger partial charge in [0.25, 0.3) is 0 Å². The number of carbonyl (C=O) groups is 1. The molecule has 1 aliphatic heterocycles. The zero-order chi connectivity index (χ0) is 27.2. The molecule has 2 aliphatic rings. The van der Waals surface area contributed by atoms with Crippen molar-refractivity contribution < 1.29 is 31.5 Å². The molecule has 1 aromatic heterocycles. The van der Waals surface area contributed by atoms with Crippen molar-refractivity contribution >= 4 is 27.6 Å². The number of nitrogens with zero attached hydrogens (tertiary/aromatic N) is 1. The highest BCUT2D eigenvalue weighted by molar-refractivity contribution is 7.94. The summed E-state index contributed by atoms with van der Waals surface area (Å²) in [6.07, 6.45) is 1.42. The lowest BCUT2D eigenvalue weighted by Gasteiger charge is -2.20. The zero-order valence-corrected chi connectivity index (χ0v) is 21.6. The average Bonchev–Trinajstić information content (AvgIpc) is 3.55. The van der Waals surface area contributed by atoms with Crippen molar-refractivity contribution in [3.05, 3.63) is 71.9 Å². The van der Waals surface area contributed by atoms with Crippen molar-refractivity contribution in [3.63, 3.8) is 0 Å². The summed E-state index contributed by atoms with van der Waals surface area (Å²) in [6.45, 7) is 5.02. The van der Waals surface area contributed by atoms with E-state index in [2.05, 4.69) is 20.3 Å². The number of amides is 2. The fourth-order valence-electron chi connectivity index (χ4n) is 4.21. The van der Waals surface area contributed by atoms with Crippen LogP contribution in [0.25, 0.3) is 0 Å². The van der Waals surface area contributed by atoms with Gasteiger partial charge in [-0.3, -0.25) is 10.0 Å². The molecule has 2 heterocycles. The molecule has 1 fully saturated rings. The van der Waals surface area contributed by atoms with Crippen molar-refractivity contribution in [2.45, 2.75) is 37.5 Å². The molecule has 1 saturated carbocycles. The van der Waals surface area contributed by atoms with Crippen LogP contribution in [0.3, 0.4) is 0 Å². The maximum Gasteiger partial charge on any atom is 0.320 e. The highest BCUT2D eigenvalue weighted by Gasteiger charge is 2.57. The molecule has 0 bridgehead atoms. The number of hydrogen-bond donors (Lipinski definition) is 3. The van der Waals surface area contributed by atoms with E-state index in [9.17, 15) is 22.0 Å². The van der Waals surface area contributed by atoms with E-state index < -0.39 is 32.4 Å². The van der Waals surface area contributed by atoms with E-state index in [0.29, 0.717) is 17.2 Å². The Balaban J connectivity index is 1.15. The molecule has 9 nitrogen and oxygen atoms in total. The number of sulfonamides is 1. The second kappa shape index (κ2) is 9.43. The van der Waals surface area contributed by atoms with Gasteiger partial charge in [-0.05, 0) is 69.3 Å². The lowest BCUT2D eigenvalue weighted by Crippen LogP contribution is -2.33. The predicted molar refractivity (Wildman–Crippen MR) is 137 cm³/mol. The molecule has 0 radical (unpaired) electrons. The molecule has 0 spiro atoms. The van der Waals surface area contributed by atoms with E-state index in [1.807, 2.05) is 0 Å². The first-order chi connectivity index (χ1) is 17.9. The van der Waals surface area contributed by atoms with E-state index in [1.165, 1.54) is 6.20 Å². The van der Waals surface area contributed by atoms with Crippen LogP contribution in [-0.4, -0.2) is 36.8 Å². The Bertz CT molecular complexity index is 1480. The van der Waals surface area contributed by atoms with Gasteiger partial charge in [0.05, 0.1) is 17.6 Å². The largest absolute Gasteiger partial charge is 0.490 e. The highest BCUT2D eigenvalue weighted by atomic mass is 32.2. The number of hydrogen-bond acceptors (Lipinski definition) is 6. The van der Waals surface area contributed by atoms with Crippen LogP contribution in [0.4, 0.5) is 25.1 Å². The third-order valence-electron chi connectivity index (χ3n) is 6.44. The van der Waals surface area contributed by atoms with E-state index in [1.54, 1.807) is 57.2 Å². The first-order valence-electron chi connectivity index (χ1n) is 11.9. The molecule has 5 rings (SSSR count). The lowest BCUT2D eigenvalue weighted by molar-refractivity contribution is 0.247. The molecular formula is C26H26F2N4O5S. The Labute approximate surface area is 218 Å². The van der Waals surface area contributed by atoms with Crippen molar-refractivity contribution in [2.75, 3.05) is 16.6 Å². The average molecular weight is 545 g/mol. The van der Waals surface area contributed by atoms with Gasteiger partial charge in [0.1, 0.15) is 23.1 Å². The number of carbonyl (C=O) groups excluding carboxylic acids is 1. The number of urea groups is 1. The van der Waals surface area contributed by atoms with Crippen molar-refractivity contribution in [2.24, 2.45) is 5.92 Å². The first kappa shape index (κ1) is 25.7. The molecular weight excluding hydrogens is 518 g/mol. The van der Waals surface area contributed by atoms with Crippen LogP contribution >= 0.6 is 0 Å². The number of nitrogens with one attached hydrogen (secondary N) is 3. The quantitative estimate of drug-likeness (QED) is 0.403. The first-order valence-corrected chi connectivity index (χ1v) is 13.4. The smallest absolute Gasteiger partial charge is 0.320 e. The number of aromatic nitrogens is 1. The summed E-state index contributed by atoms with van der Waals surface area (Å²) in [5.74, 6) is -0.623. The molecule has 0 saturated heterocycles. The fourth-order valence-corrected chi connectivity index (χ4v) is 4.96. The van der Waals surface area contributed by atoms with Crippen LogP contribution in [0.1, 0.15) is 32.3 Å². The van der Waals surface area contributed by atoms with E-state index >= 15 is 0 Å². The van der Waals surface area contributed by atoms with Crippen LogP contribution in [0.5, 0.6) is 17.2 Å². The second-order valence-electron chi connectivity index (χ2n) is 10.1. The van der Waals surface area contributed by atoms with Gasteiger partial charge in [-0.2, -0.15) is 0 Å². The van der Waals surface area contributed by atoms with Crippen LogP contribution < -0.4 is 24.8 Å². The minimum atomic E-state index is -3.54. The Morgan fingerprint density at radius 3 is 2.37 bits per heavy atom. The highest BCUT2D eigenvalue weighted by Crippen LogP contribution is 2.55. The van der Waals surface area contributed by atoms with Crippen LogP contribution in [-0.2, 0) is 10.0 Å². The number of pyridine rings is 1. The molecule has 200 valence electrons. The molecule has 12 heteroatoms. The summed E-state index contributed by atoms with van der Waals surface area (Å²) < 4.78 is 65.5. The molecule has 0 unspecified atom stereocenters. The number of halogens is 2. The summed E-state index contributed by atoms with van der Waals surface area (Å²) in [7, 11) is -3.54. The van der Waals surface area contributed by atoms with E-state index in [0.717, 1.165) is 12.1 Å². The van der Waals surface area contributed by atoms with Gasteiger partial charge in [-0.1, -0.05) is 0 Å².